The van der Waals surface area contributed by atoms with Gasteiger partial charge in [-0.25, -0.2) is 4.39 Å². The second-order valence-corrected chi connectivity index (χ2v) is 6.15. The van der Waals surface area contributed by atoms with Crippen molar-refractivity contribution in [3.63, 3.8) is 0 Å². The molecule has 0 spiro atoms. The third-order valence-corrected chi connectivity index (χ3v) is 4.43. The van der Waals surface area contributed by atoms with Gasteiger partial charge in [0.1, 0.15) is 12.4 Å². The Hall–Kier alpha value is -3.16. The molecule has 3 aromatic rings. The van der Waals surface area contributed by atoms with Crippen molar-refractivity contribution >= 4 is 5.91 Å². The van der Waals surface area contributed by atoms with Gasteiger partial charge in [-0.1, -0.05) is 6.07 Å². The number of benzene rings is 1. The van der Waals surface area contributed by atoms with Crippen LogP contribution in [0.15, 0.2) is 48.7 Å². The summed E-state index contributed by atoms with van der Waals surface area (Å²) in [7, 11) is 0. The van der Waals surface area contributed by atoms with Crippen LogP contribution in [0, 0.1) is 5.82 Å². The van der Waals surface area contributed by atoms with E-state index >= 15 is 0 Å². The highest BCUT2D eigenvalue weighted by Gasteiger charge is 2.31. The number of rotatable bonds is 4. The molecular formula is C18H17FN6O. The zero-order valence-corrected chi connectivity index (χ0v) is 14.0. The van der Waals surface area contributed by atoms with Gasteiger partial charge in [0.25, 0.3) is 0 Å². The zero-order valence-electron chi connectivity index (χ0n) is 14.0. The van der Waals surface area contributed by atoms with Crippen molar-refractivity contribution in [1.29, 1.82) is 0 Å². The molecule has 0 radical (unpaired) electrons. The molecule has 26 heavy (non-hydrogen) atoms. The topological polar surface area (TPSA) is 76.8 Å². The van der Waals surface area contributed by atoms with E-state index in [-0.39, 0.29) is 24.3 Å². The summed E-state index contributed by atoms with van der Waals surface area (Å²) in [6.07, 6.45) is 3.58. The number of halogens is 1. The van der Waals surface area contributed by atoms with Gasteiger partial charge in [-0.3, -0.25) is 9.78 Å². The van der Waals surface area contributed by atoms with E-state index in [0.29, 0.717) is 17.9 Å². The number of carbonyl (C=O) groups excluding carboxylic acids is 1. The zero-order chi connectivity index (χ0) is 17.9. The van der Waals surface area contributed by atoms with E-state index in [1.54, 1.807) is 18.3 Å². The second-order valence-electron chi connectivity index (χ2n) is 6.15. The number of nitrogens with zero attached hydrogens (tertiary/aromatic N) is 6. The summed E-state index contributed by atoms with van der Waals surface area (Å²) in [6, 6.07) is 11.6. The Kier molecular flexibility index (Phi) is 4.39. The number of hydrogen-bond donors (Lipinski definition) is 0. The van der Waals surface area contributed by atoms with Gasteiger partial charge < -0.3 is 4.90 Å². The van der Waals surface area contributed by atoms with Crippen molar-refractivity contribution < 1.29 is 9.18 Å². The lowest BCUT2D eigenvalue weighted by Gasteiger charge is -2.23. The van der Waals surface area contributed by atoms with Crippen LogP contribution >= 0.6 is 0 Å². The first-order valence-electron chi connectivity index (χ1n) is 8.45. The largest absolute Gasteiger partial charge is 0.332 e. The quantitative estimate of drug-likeness (QED) is 0.720. The molecule has 1 aliphatic rings. The highest BCUT2D eigenvalue weighted by Crippen LogP contribution is 2.30. The first-order chi connectivity index (χ1) is 12.7. The van der Waals surface area contributed by atoms with Crippen LogP contribution in [0.5, 0.6) is 0 Å². The molecular weight excluding hydrogens is 335 g/mol. The van der Waals surface area contributed by atoms with E-state index in [1.165, 1.54) is 16.9 Å². The van der Waals surface area contributed by atoms with Crippen LogP contribution < -0.4 is 0 Å². The average molecular weight is 352 g/mol. The van der Waals surface area contributed by atoms with E-state index in [4.69, 9.17) is 0 Å². The molecule has 0 bridgehead atoms. The minimum Gasteiger partial charge on any atom is -0.332 e. The predicted octanol–water partition coefficient (Wildman–Crippen LogP) is 2.24. The van der Waals surface area contributed by atoms with Gasteiger partial charge in [-0.15, -0.1) is 10.2 Å². The monoisotopic (exact) mass is 352 g/mol. The summed E-state index contributed by atoms with van der Waals surface area (Å²) >= 11 is 0. The molecule has 0 unspecified atom stereocenters. The Balaban J connectivity index is 1.47. The summed E-state index contributed by atoms with van der Waals surface area (Å²) < 4.78 is 13.0. The lowest BCUT2D eigenvalue weighted by atomic mass is 10.1. The second kappa shape index (κ2) is 6.99. The molecule has 4 rings (SSSR count). The van der Waals surface area contributed by atoms with E-state index in [2.05, 4.69) is 20.4 Å². The molecule has 0 saturated carbocycles. The molecule has 1 aromatic carbocycles. The third-order valence-electron chi connectivity index (χ3n) is 4.43. The maximum absolute atomic E-state index is 13.0. The van der Waals surface area contributed by atoms with Gasteiger partial charge in [0, 0.05) is 18.3 Å². The molecule has 2 aromatic heterocycles. The molecule has 0 N–H and O–H groups in total. The van der Waals surface area contributed by atoms with Gasteiger partial charge in [-0.05, 0) is 54.5 Å². The van der Waals surface area contributed by atoms with Gasteiger partial charge in [0.15, 0.2) is 0 Å². The van der Waals surface area contributed by atoms with E-state index < -0.39 is 0 Å². The smallest absolute Gasteiger partial charge is 0.246 e. The molecule has 1 atom stereocenters. The van der Waals surface area contributed by atoms with Gasteiger partial charge >= 0.3 is 0 Å². The standard InChI is InChI=1S/C18H17FN6O/c19-14-8-6-13(7-9-14)18-21-23-25(22-18)12-17(26)24-11-3-5-16(24)15-4-1-2-10-20-15/h1-2,4,6-10,16H,3,5,11-12H2/t16-/m1/s1. The van der Waals surface area contributed by atoms with Crippen LogP contribution in [0.1, 0.15) is 24.6 Å². The van der Waals surface area contributed by atoms with E-state index in [1.807, 2.05) is 23.1 Å². The Labute approximate surface area is 149 Å². The van der Waals surface area contributed by atoms with E-state index in [0.717, 1.165) is 18.5 Å². The minimum atomic E-state index is -0.328. The number of tetrazole rings is 1. The van der Waals surface area contributed by atoms with Crippen LogP contribution in [-0.4, -0.2) is 42.5 Å². The van der Waals surface area contributed by atoms with Crippen LogP contribution in [0.3, 0.4) is 0 Å². The highest BCUT2D eigenvalue weighted by atomic mass is 19.1. The summed E-state index contributed by atoms with van der Waals surface area (Å²) in [5.41, 5.74) is 1.55. The number of aromatic nitrogens is 5. The molecule has 1 aliphatic heterocycles. The lowest BCUT2D eigenvalue weighted by Crippen LogP contribution is -2.34. The maximum Gasteiger partial charge on any atom is 0.246 e. The third kappa shape index (κ3) is 3.30. The van der Waals surface area contributed by atoms with E-state index in [9.17, 15) is 9.18 Å². The Morgan fingerprint density at radius 2 is 2.04 bits per heavy atom. The molecule has 132 valence electrons. The summed E-state index contributed by atoms with van der Waals surface area (Å²) in [5.74, 6) is -0.0346. The molecule has 3 heterocycles. The fraction of sp³-hybridized carbons (Fsp3) is 0.278. The summed E-state index contributed by atoms with van der Waals surface area (Å²) in [5, 5.41) is 12.1. The van der Waals surface area contributed by atoms with Crippen molar-refractivity contribution in [2.75, 3.05) is 6.54 Å². The molecule has 7 nitrogen and oxygen atoms in total. The van der Waals surface area contributed by atoms with Gasteiger partial charge in [0.05, 0.1) is 11.7 Å². The highest BCUT2D eigenvalue weighted by molar-refractivity contribution is 5.76. The molecule has 0 aliphatic carbocycles. The number of hydrogen-bond acceptors (Lipinski definition) is 5. The number of carbonyl (C=O) groups is 1. The Morgan fingerprint density at radius 3 is 2.81 bits per heavy atom. The molecule has 1 saturated heterocycles. The number of likely N-dealkylation sites (tertiary alicyclic amines) is 1. The van der Waals surface area contributed by atoms with Crippen molar-refractivity contribution in [2.24, 2.45) is 0 Å². The summed E-state index contributed by atoms with van der Waals surface area (Å²) in [6.45, 7) is 0.705. The fourth-order valence-electron chi connectivity index (χ4n) is 3.18. The molecule has 1 fully saturated rings. The number of amides is 1. The Bertz CT molecular complexity index is 896. The number of pyridine rings is 1. The summed E-state index contributed by atoms with van der Waals surface area (Å²) in [4.78, 5) is 20.2. The van der Waals surface area contributed by atoms with Crippen molar-refractivity contribution in [2.45, 2.75) is 25.4 Å². The SMILES string of the molecule is O=C(Cn1nnc(-c2ccc(F)cc2)n1)N1CCC[C@@H]1c1ccccn1. The van der Waals surface area contributed by atoms with Crippen LogP contribution in [0.2, 0.25) is 0 Å². The van der Waals surface area contributed by atoms with Crippen molar-refractivity contribution in [3.05, 3.63) is 60.2 Å². The van der Waals surface area contributed by atoms with Crippen LogP contribution in [-0.2, 0) is 11.3 Å². The fourth-order valence-corrected chi connectivity index (χ4v) is 3.18. The van der Waals surface area contributed by atoms with Gasteiger partial charge in [0.2, 0.25) is 11.7 Å². The Morgan fingerprint density at radius 1 is 1.19 bits per heavy atom. The van der Waals surface area contributed by atoms with Gasteiger partial charge in [-0.2, -0.15) is 4.80 Å². The molecule has 1 amide bonds. The first-order valence-corrected chi connectivity index (χ1v) is 8.45. The maximum atomic E-state index is 13.0. The van der Waals surface area contributed by atoms with Crippen LogP contribution in [0.25, 0.3) is 11.4 Å². The lowest BCUT2D eigenvalue weighted by molar-refractivity contribution is -0.133. The molecule has 8 heteroatoms. The normalized spacial score (nSPS) is 16.8. The van der Waals surface area contributed by atoms with Crippen molar-refractivity contribution in [3.8, 4) is 11.4 Å². The first kappa shape index (κ1) is 16.3. The van der Waals surface area contributed by atoms with Crippen LogP contribution in [0.4, 0.5) is 4.39 Å². The average Bonchev–Trinajstić information content (AvgIpc) is 3.32. The predicted molar refractivity (Wildman–Crippen MR) is 91.1 cm³/mol. The minimum absolute atomic E-state index is 0.0104. The van der Waals surface area contributed by atoms with Crippen molar-refractivity contribution in [1.82, 2.24) is 30.1 Å².